The highest BCUT2D eigenvalue weighted by atomic mass is 16.3. The van der Waals surface area contributed by atoms with E-state index < -0.39 is 0 Å². The molecule has 1 heterocycles. The van der Waals surface area contributed by atoms with Gasteiger partial charge in [-0.3, -0.25) is 0 Å². The molecule has 1 aliphatic carbocycles. The van der Waals surface area contributed by atoms with E-state index in [0.717, 1.165) is 6.54 Å². The molecule has 2 atom stereocenters. The zero-order chi connectivity index (χ0) is 12.3. The van der Waals surface area contributed by atoms with Crippen LogP contribution in [0.5, 0.6) is 0 Å². The van der Waals surface area contributed by atoms with Crippen LogP contribution in [0.15, 0.2) is 0 Å². The lowest BCUT2D eigenvalue weighted by molar-refractivity contribution is -0.0426. The number of hydrogen-bond donors (Lipinski definition) is 1. The first-order chi connectivity index (χ1) is 8.09. The monoisotopic (exact) mass is 239 g/mol. The highest BCUT2D eigenvalue weighted by molar-refractivity contribution is 4.89. The fourth-order valence-corrected chi connectivity index (χ4v) is 3.61. The Morgan fingerprint density at radius 3 is 2.35 bits per heavy atom. The molecule has 0 aromatic carbocycles. The van der Waals surface area contributed by atoms with E-state index >= 15 is 0 Å². The zero-order valence-electron chi connectivity index (χ0n) is 11.6. The smallest absolute Gasteiger partial charge is 0.0631 e. The third kappa shape index (κ3) is 3.45. The van der Waals surface area contributed by atoms with Crippen molar-refractivity contribution in [1.29, 1.82) is 0 Å². The summed E-state index contributed by atoms with van der Waals surface area (Å²) in [6, 6.07) is 0. The summed E-state index contributed by atoms with van der Waals surface area (Å²) in [5.74, 6) is 0.511. The van der Waals surface area contributed by atoms with E-state index in [-0.39, 0.29) is 11.5 Å². The van der Waals surface area contributed by atoms with Gasteiger partial charge >= 0.3 is 0 Å². The first-order valence-electron chi connectivity index (χ1n) is 7.50. The van der Waals surface area contributed by atoms with Gasteiger partial charge in [-0.2, -0.15) is 0 Å². The van der Waals surface area contributed by atoms with Gasteiger partial charge in [-0.15, -0.1) is 0 Å². The van der Waals surface area contributed by atoms with Crippen LogP contribution in [0.25, 0.3) is 0 Å². The van der Waals surface area contributed by atoms with Crippen LogP contribution in [0.1, 0.15) is 58.8 Å². The SMILES string of the molecule is CC1(C)CCCC(CN2CCCCCC2)C1O. The predicted octanol–water partition coefficient (Wildman–Crippen LogP) is 3.05. The van der Waals surface area contributed by atoms with Crippen LogP contribution in [0.3, 0.4) is 0 Å². The molecule has 2 aliphatic rings. The van der Waals surface area contributed by atoms with Gasteiger partial charge in [0.2, 0.25) is 0 Å². The molecule has 0 radical (unpaired) electrons. The molecule has 2 rings (SSSR count). The summed E-state index contributed by atoms with van der Waals surface area (Å²) in [7, 11) is 0. The minimum Gasteiger partial charge on any atom is -0.392 e. The first kappa shape index (κ1) is 13.4. The average Bonchev–Trinajstić information content (AvgIpc) is 2.53. The molecule has 1 aliphatic heterocycles. The van der Waals surface area contributed by atoms with Crippen LogP contribution in [-0.4, -0.2) is 35.7 Å². The fraction of sp³-hybridized carbons (Fsp3) is 1.00. The van der Waals surface area contributed by atoms with Gasteiger partial charge in [0, 0.05) is 6.54 Å². The van der Waals surface area contributed by atoms with E-state index in [0.29, 0.717) is 5.92 Å². The molecule has 2 unspecified atom stereocenters. The second kappa shape index (κ2) is 5.71. The number of rotatable bonds is 2. The van der Waals surface area contributed by atoms with E-state index in [1.807, 2.05) is 0 Å². The fourth-order valence-electron chi connectivity index (χ4n) is 3.61. The number of likely N-dealkylation sites (tertiary alicyclic amines) is 1. The van der Waals surface area contributed by atoms with Gasteiger partial charge in [-0.1, -0.05) is 33.1 Å². The van der Waals surface area contributed by atoms with Crippen LogP contribution < -0.4 is 0 Å². The van der Waals surface area contributed by atoms with Crippen molar-refractivity contribution in [2.45, 2.75) is 64.9 Å². The second-order valence-corrected chi connectivity index (χ2v) is 6.80. The van der Waals surface area contributed by atoms with E-state index in [4.69, 9.17) is 0 Å². The second-order valence-electron chi connectivity index (χ2n) is 6.80. The van der Waals surface area contributed by atoms with Crippen molar-refractivity contribution < 1.29 is 5.11 Å². The Morgan fingerprint density at radius 1 is 1.06 bits per heavy atom. The molecule has 2 nitrogen and oxygen atoms in total. The zero-order valence-corrected chi connectivity index (χ0v) is 11.6. The van der Waals surface area contributed by atoms with Gasteiger partial charge in [0.15, 0.2) is 0 Å². The Balaban J connectivity index is 1.88. The van der Waals surface area contributed by atoms with E-state index in [1.165, 1.54) is 58.0 Å². The summed E-state index contributed by atoms with van der Waals surface area (Å²) in [5.41, 5.74) is 0.134. The normalized spacial score (nSPS) is 35.5. The van der Waals surface area contributed by atoms with Gasteiger partial charge < -0.3 is 10.0 Å². The van der Waals surface area contributed by atoms with Crippen LogP contribution in [0, 0.1) is 11.3 Å². The average molecular weight is 239 g/mol. The quantitative estimate of drug-likeness (QED) is 0.800. The van der Waals surface area contributed by atoms with Crippen LogP contribution >= 0.6 is 0 Å². The number of aliphatic hydroxyl groups is 1. The van der Waals surface area contributed by atoms with E-state index in [2.05, 4.69) is 18.7 Å². The van der Waals surface area contributed by atoms with Gasteiger partial charge in [0.25, 0.3) is 0 Å². The van der Waals surface area contributed by atoms with Crippen LogP contribution in [0.4, 0.5) is 0 Å². The summed E-state index contributed by atoms with van der Waals surface area (Å²) >= 11 is 0. The van der Waals surface area contributed by atoms with Crippen molar-refractivity contribution in [1.82, 2.24) is 4.90 Å². The molecule has 100 valence electrons. The van der Waals surface area contributed by atoms with Crippen molar-refractivity contribution in [3.8, 4) is 0 Å². The lowest BCUT2D eigenvalue weighted by Gasteiger charge is -2.42. The lowest BCUT2D eigenvalue weighted by Crippen LogP contribution is -2.45. The highest BCUT2D eigenvalue weighted by Gasteiger charge is 2.38. The molecule has 0 bridgehead atoms. The molecular weight excluding hydrogens is 210 g/mol. The molecule has 2 heteroatoms. The van der Waals surface area contributed by atoms with Crippen molar-refractivity contribution in [2.75, 3.05) is 19.6 Å². The van der Waals surface area contributed by atoms with Crippen molar-refractivity contribution in [3.63, 3.8) is 0 Å². The Hall–Kier alpha value is -0.0800. The van der Waals surface area contributed by atoms with Gasteiger partial charge in [-0.05, 0) is 50.1 Å². The molecule has 0 spiro atoms. The van der Waals surface area contributed by atoms with Crippen LogP contribution in [-0.2, 0) is 0 Å². The minimum absolute atomic E-state index is 0.0977. The molecule has 17 heavy (non-hydrogen) atoms. The number of nitrogens with zero attached hydrogens (tertiary/aromatic N) is 1. The molecule has 0 amide bonds. The Labute approximate surface area is 106 Å². The molecule has 1 N–H and O–H groups in total. The van der Waals surface area contributed by atoms with E-state index in [9.17, 15) is 5.11 Å². The largest absolute Gasteiger partial charge is 0.392 e. The van der Waals surface area contributed by atoms with Crippen LogP contribution in [0.2, 0.25) is 0 Å². The summed E-state index contributed by atoms with van der Waals surface area (Å²) in [6.07, 6.45) is 9.11. The summed E-state index contributed by atoms with van der Waals surface area (Å²) in [5, 5.41) is 10.5. The summed E-state index contributed by atoms with van der Waals surface area (Å²) in [4.78, 5) is 2.60. The number of hydrogen-bond acceptors (Lipinski definition) is 2. The maximum atomic E-state index is 10.5. The summed E-state index contributed by atoms with van der Waals surface area (Å²) in [6.45, 7) is 8.09. The molecule has 0 aromatic rings. The molecule has 1 saturated heterocycles. The van der Waals surface area contributed by atoms with E-state index in [1.54, 1.807) is 0 Å². The number of aliphatic hydroxyl groups excluding tert-OH is 1. The highest BCUT2D eigenvalue weighted by Crippen LogP contribution is 2.39. The first-order valence-corrected chi connectivity index (χ1v) is 7.50. The standard InChI is InChI=1S/C15H29NO/c1-15(2)9-7-8-13(14(15)17)12-16-10-5-3-4-6-11-16/h13-14,17H,3-12H2,1-2H3. The van der Waals surface area contributed by atoms with Gasteiger partial charge in [0.05, 0.1) is 6.10 Å². The summed E-state index contributed by atoms with van der Waals surface area (Å²) < 4.78 is 0. The third-order valence-corrected chi connectivity index (χ3v) is 4.83. The molecule has 1 saturated carbocycles. The molecule has 2 fully saturated rings. The molecule has 0 aromatic heterocycles. The minimum atomic E-state index is -0.0977. The third-order valence-electron chi connectivity index (χ3n) is 4.83. The molecular formula is C15H29NO. The Morgan fingerprint density at radius 2 is 1.71 bits per heavy atom. The van der Waals surface area contributed by atoms with Crippen molar-refractivity contribution in [3.05, 3.63) is 0 Å². The maximum Gasteiger partial charge on any atom is 0.0631 e. The topological polar surface area (TPSA) is 23.5 Å². The Bertz CT molecular complexity index is 231. The lowest BCUT2D eigenvalue weighted by atomic mass is 9.69. The van der Waals surface area contributed by atoms with Gasteiger partial charge in [0.1, 0.15) is 0 Å². The maximum absolute atomic E-state index is 10.5. The predicted molar refractivity (Wildman–Crippen MR) is 72.0 cm³/mol. The van der Waals surface area contributed by atoms with Crippen molar-refractivity contribution >= 4 is 0 Å². The van der Waals surface area contributed by atoms with Crippen molar-refractivity contribution in [2.24, 2.45) is 11.3 Å². The van der Waals surface area contributed by atoms with Gasteiger partial charge in [-0.25, -0.2) is 0 Å². The Kier molecular flexibility index (Phi) is 4.48.